The normalized spacial score (nSPS) is 13.1. The summed E-state index contributed by atoms with van der Waals surface area (Å²) in [4.78, 5) is 4.26. The first-order valence-electron chi connectivity index (χ1n) is 7.07. The van der Waals surface area contributed by atoms with Crippen LogP contribution in [-0.4, -0.2) is 24.2 Å². The van der Waals surface area contributed by atoms with Crippen molar-refractivity contribution in [3.05, 3.63) is 41.7 Å². The first kappa shape index (κ1) is 16.5. The van der Waals surface area contributed by atoms with E-state index in [4.69, 9.17) is 4.74 Å². The van der Waals surface area contributed by atoms with E-state index in [1.165, 1.54) is 0 Å². The molecule has 2 aromatic rings. The Hall–Kier alpha value is -1.86. The van der Waals surface area contributed by atoms with Crippen molar-refractivity contribution in [1.29, 1.82) is 0 Å². The fraction of sp³-hybridized carbons (Fsp3) is 0.400. The maximum atomic E-state index is 11.4. The number of rotatable bonds is 6. The van der Waals surface area contributed by atoms with E-state index >= 15 is 0 Å². The second-order valence-corrected chi connectivity index (χ2v) is 7.02. The number of aryl methyl sites for hydroxylation is 1. The number of aromatic nitrogens is 2. The largest absolute Gasteiger partial charge is 0.426 e. The summed E-state index contributed by atoms with van der Waals surface area (Å²) in [6.07, 6.45) is 2.77. The summed E-state index contributed by atoms with van der Waals surface area (Å²) in [7, 11) is -3.28. The highest BCUT2D eigenvalue weighted by Crippen LogP contribution is 2.25. The third kappa shape index (κ3) is 4.08. The topological polar surface area (TPSA) is 73.2 Å². The van der Waals surface area contributed by atoms with Gasteiger partial charge in [-0.2, -0.15) is 0 Å². The van der Waals surface area contributed by atoms with E-state index < -0.39 is 10.0 Å². The maximum Gasteiger partial charge on any atom is 0.302 e. The van der Waals surface area contributed by atoms with Crippen molar-refractivity contribution in [3.8, 4) is 11.8 Å². The molecule has 7 heteroatoms. The van der Waals surface area contributed by atoms with Gasteiger partial charge in [-0.1, -0.05) is 17.7 Å². The summed E-state index contributed by atoms with van der Waals surface area (Å²) >= 11 is 0. The second-order valence-electron chi connectivity index (χ2n) is 5.24. The van der Waals surface area contributed by atoms with Gasteiger partial charge in [0.1, 0.15) is 5.75 Å². The average Bonchev–Trinajstić information content (AvgIpc) is 2.82. The molecule has 0 saturated heterocycles. The summed E-state index contributed by atoms with van der Waals surface area (Å²) in [5.74, 6) is 0.696. The zero-order chi connectivity index (χ0) is 16.3. The predicted molar refractivity (Wildman–Crippen MR) is 85.5 cm³/mol. The first-order chi connectivity index (χ1) is 10.3. The third-order valence-corrected chi connectivity index (χ3v) is 4.01. The van der Waals surface area contributed by atoms with Crippen LogP contribution in [0.4, 0.5) is 0 Å². The molecular formula is C15H21N3O3S. The fourth-order valence-electron chi connectivity index (χ4n) is 2.21. The Morgan fingerprint density at radius 3 is 2.50 bits per heavy atom. The molecule has 22 heavy (non-hydrogen) atoms. The summed E-state index contributed by atoms with van der Waals surface area (Å²) in [5.41, 5.74) is 1.91. The summed E-state index contributed by atoms with van der Waals surface area (Å²) in [6, 6.07) is 7.75. The van der Waals surface area contributed by atoms with Crippen LogP contribution in [0.2, 0.25) is 0 Å². The molecule has 120 valence electrons. The SMILES string of the molecule is CCn1c(C(C)NS(C)(=O)=O)cnc1Oc1ccc(C)cc1. The molecule has 0 aliphatic heterocycles. The van der Waals surface area contributed by atoms with Gasteiger partial charge in [0.15, 0.2) is 0 Å². The van der Waals surface area contributed by atoms with E-state index in [0.717, 1.165) is 17.5 Å². The lowest BCUT2D eigenvalue weighted by Gasteiger charge is -2.15. The minimum absolute atomic E-state index is 0.377. The van der Waals surface area contributed by atoms with Gasteiger partial charge < -0.3 is 4.74 Å². The molecule has 2 rings (SSSR count). The van der Waals surface area contributed by atoms with Crippen molar-refractivity contribution in [1.82, 2.24) is 14.3 Å². The Labute approximate surface area is 131 Å². The van der Waals surface area contributed by atoms with Gasteiger partial charge in [-0.3, -0.25) is 4.57 Å². The van der Waals surface area contributed by atoms with Gasteiger partial charge in [0, 0.05) is 6.54 Å². The van der Waals surface area contributed by atoms with Crippen molar-refractivity contribution in [3.63, 3.8) is 0 Å². The van der Waals surface area contributed by atoms with Crippen LogP contribution in [0.25, 0.3) is 0 Å². The van der Waals surface area contributed by atoms with Crippen molar-refractivity contribution in [2.24, 2.45) is 0 Å². The van der Waals surface area contributed by atoms with Crippen molar-refractivity contribution in [2.75, 3.05) is 6.26 Å². The molecule has 1 aromatic carbocycles. The summed E-state index contributed by atoms with van der Waals surface area (Å²) in [6.45, 7) is 6.37. The Morgan fingerprint density at radius 1 is 1.32 bits per heavy atom. The lowest BCUT2D eigenvalue weighted by atomic mass is 10.2. The van der Waals surface area contributed by atoms with Gasteiger partial charge in [0.25, 0.3) is 0 Å². The van der Waals surface area contributed by atoms with Gasteiger partial charge in [-0.15, -0.1) is 0 Å². The number of nitrogens with one attached hydrogen (secondary N) is 1. The Balaban J connectivity index is 2.25. The van der Waals surface area contributed by atoms with Crippen LogP contribution in [0.15, 0.2) is 30.5 Å². The van der Waals surface area contributed by atoms with Gasteiger partial charge in [-0.25, -0.2) is 18.1 Å². The highest BCUT2D eigenvalue weighted by atomic mass is 32.2. The van der Waals surface area contributed by atoms with Crippen LogP contribution in [0.3, 0.4) is 0 Å². The molecule has 1 N–H and O–H groups in total. The molecule has 1 unspecified atom stereocenters. The molecule has 6 nitrogen and oxygen atoms in total. The zero-order valence-corrected chi connectivity index (χ0v) is 14.0. The van der Waals surface area contributed by atoms with E-state index in [1.807, 2.05) is 42.7 Å². The second kappa shape index (κ2) is 6.50. The highest BCUT2D eigenvalue weighted by Gasteiger charge is 2.18. The third-order valence-electron chi connectivity index (χ3n) is 3.23. The quantitative estimate of drug-likeness (QED) is 0.887. The molecule has 0 amide bonds. The van der Waals surface area contributed by atoms with Gasteiger partial charge >= 0.3 is 6.01 Å². The molecule has 1 atom stereocenters. The first-order valence-corrected chi connectivity index (χ1v) is 8.96. The fourth-order valence-corrected chi connectivity index (χ4v) is 2.97. The summed E-state index contributed by atoms with van der Waals surface area (Å²) < 4.78 is 32.9. The van der Waals surface area contributed by atoms with Crippen LogP contribution in [0.1, 0.15) is 31.1 Å². The Kier molecular flexibility index (Phi) is 4.87. The molecule has 0 spiro atoms. The molecule has 1 aromatic heterocycles. The van der Waals surface area contributed by atoms with Crippen LogP contribution >= 0.6 is 0 Å². The van der Waals surface area contributed by atoms with Crippen LogP contribution < -0.4 is 9.46 Å². The maximum absolute atomic E-state index is 11.4. The van der Waals surface area contributed by atoms with Crippen molar-refractivity contribution >= 4 is 10.0 Å². The number of nitrogens with zero attached hydrogens (tertiary/aromatic N) is 2. The number of hydrogen-bond donors (Lipinski definition) is 1. The predicted octanol–water partition coefficient (Wildman–Crippen LogP) is 2.61. The minimum Gasteiger partial charge on any atom is -0.426 e. The average molecular weight is 323 g/mol. The van der Waals surface area contributed by atoms with Crippen molar-refractivity contribution in [2.45, 2.75) is 33.4 Å². The van der Waals surface area contributed by atoms with Gasteiger partial charge in [-0.05, 0) is 32.9 Å². The Morgan fingerprint density at radius 2 is 1.95 bits per heavy atom. The summed E-state index contributed by atoms with van der Waals surface area (Å²) in [5, 5.41) is 0. The molecule has 1 heterocycles. The smallest absolute Gasteiger partial charge is 0.302 e. The lowest BCUT2D eigenvalue weighted by Crippen LogP contribution is -2.27. The zero-order valence-electron chi connectivity index (χ0n) is 13.2. The molecule has 0 saturated carbocycles. The highest BCUT2D eigenvalue weighted by molar-refractivity contribution is 7.88. The molecule has 0 bridgehead atoms. The van der Waals surface area contributed by atoms with Crippen LogP contribution in [-0.2, 0) is 16.6 Å². The lowest BCUT2D eigenvalue weighted by molar-refractivity contribution is 0.408. The van der Waals surface area contributed by atoms with E-state index in [1.54, 1.807) is 13.1 Å². The van der Waals surface area contributed by atoms with Gasteiger partial charge in [0.05, 0.1) is 24.2 Å². The monoisotopic (exact) mass is 323 g/mol. The molecule has 0 fully saturated rings. The number of ether oxygens (including phenoxy) is 1. The molecule has 0 aliphatic rings. The number of hydrogen-bond acceptors (Lipinski definition) is 4. The van der Waals surface area contributed by atoms with Crippen LogP contribution in [0.5, 0.6) is 11.8 Å². The minimum atomic E-state index is -3.28. The van der Waals surface area contributed by atoms with Crippen LogP contribution in [0, 0.1) is 6.92 Å². The molecular weight excluding hydrogens is 302 g/mol. The number of benzene rings is 1. The van der Waals surface area contributed by atoms with E-state index in [0.29, 0.717) is 18.3 Å². The molecule has 0 aliphatic carbocycles. The number of imidazole rings is 1. The number of sulfonamides is 1. The standard InChI is InChI=1S/C15H21N3O3S/c1-5-18-14(12(3)17-22(4,19)20)10-16-15(18)21-13-8-6-11(2)7-9-13/h6-10,12,17H,5H2,1-4H3. The van der Waals surface area contributed by atoms with Crippen molar-refractivity contribution < 1.29 is 13.2 Å². The molecule has 0 radical (unpaired) electrons. The van der Waals surface area contributed by atoms with Gasteiger partial charge in [0.2, 0.25) is 10.0 Å². The Bertz CT molecular complexity index is 736. The van der Waals surface area contributed by atoms with E-state index in [-0.39, 0.29) is 6.04 Å². The van der Waals surface area contributed by atoms with E-state index in [2.05, 4.69) is 9.71 Å². The van der Waals surface area contributed by atoms with E-state index in [9.17, 15) is 8.42 Å².